The summed E-state index contributed by atoms with van der Waals surface area (Å²) in [7, 11) is -4.30. The Morgan fingerprint density at radius 2 is 1.60 bits per heavy atom. The van der Waals surface area contributed by atoms with E-state index < -0.39 is 39.8 Å². The lowest BCUT2D eigenvalue weighted by atomic mass is 9.94. The molecule has 12 nitrogen and oxygen atoms in total. The highest BCUT2D eigenvalue weighted by Gasteiger charge is 2.37. The molecule has 0 radical (unpaired) electrons. The van der Waals surface area contributed by atoms with Crippen molar-refractivity contribution in [1.29, 1.82) is 5.41 Å². The van der Waals surface area contributed by atoms with Crippen LogP contribution >= 0.6 is 0 Å². The van der Waals surface area contributed by atoms with Gasteiger partial charge < -0.3 is 19.9 Å². The van der Waals surface area contributed by atoms with Crippen molar-refractivity contribution in [3.8, 4) is 16.9 Å². The summed E-state index contributed by atoms with van der Waals surface area (Å²) in [4.78, 5) is 37.1. The highest BCUT2D eigenvalue weighted by molar-refractivity contribution is 7.90. The molecule has 0 bridgehead atoms. The number of carboxylic acids is 1. The van der Waals surface area contributed by atoms with E-state index >= 15 is 0 Å². The van der Waals surface area contributed by atoms with Gasteiger partial charge in [0.1, 0.15) is 29.8 Å². The van der Waals surface area contributed by atoms with Crippen LogP contribution in [0.4, 0.5) is 9.59 Å². The molecule has 1 aliphatic heterocycles. The van der Waals surface area contributed by atoms with E-state index in [0.29, 0.717) is 28.9 Å². The molecule has 0 unspecified atom stereocenters. The van der Waals surface area contributed by atoms with Gasteiger partial charge in [-0.1, -0.05) is 48.5 Å². The third-order valence-corrected chi connectivity index (χ3v) is 10.5. The molecule has 0 spiro atoms. The number of carbonyl (C=O) groups is 3. The molecule has 3 aromatic rings. The molecule has 1 aliphatic carbocycles. The number of rotatable bonds is 10. The van der Waals surface area contributed by atoms with Crippen molar-refractivity contribution in [2.24, 2.45) is 0 Å². The second-order valence-corrected chi connectivity index (χ2v) is 14.5. The van der Waals surface area contributed by atoms with Gasteiger partial charge in [0.15, 0.2) is 0 Å². The van der Waals surface area contributed by atoms with E-state index in [4.69, 9.17) is 14.9 Å². The van der Waals surface area contributed by atoms with E-state index in [1.807, 2.05) is 67.1 Å². The molecule has 2 aliphatic rings. The van der Waals surface area contributed by atoms with Gasteiger partial charge in [-0.2, -0.15) is 0 Å². The van der Waals surface area contributed by atoms with Crippen molar-refractivity contribution in [2.75, 3.05) is 6.61 Å². The largest absolute Gasteiger partial charge is 0.487 e. The monoisotopic (exact) mass is 676 g/mol. The molecule has 0 saturated heterocycles. The summed E-state index contributed by atoms with van der Waals surface area (Å²) in [6.45, 7) is 8.97. The Bertz CT molecular complexity index is 1880. The molecule has 0 aromatic heterocycles. The Morgan fingerprint density at radius 1 is 1.00 bits per heavy atom. The minimum absolute atomic E-state index is 0.00894. The number of alkyl carbamates (subject to hydrolysis) is 1. The van der Waals surface area contributed by atoms with Gasteiger partial charge in [-0.05, 0) is 86.4 Å². The topological polar surface area (TPSA) is 184 Å². The summed E-state index contributed by atoms with van der Waals surface area (Å²) in [5, 5.41) is 22.4. The number of amides is 3. The lowest BCUT2D eigenvalue weighted by molar-refractivity contribution is -0.139. The number of sulfonamides is 1. The third kappa shape index (κ3) is 7.01. The van der Waals surface area contributed by atoms with Crippen LogP contribution in [0.2, 0.25) is 0 Å². The van der Waals surface area contributed by atoms with Gasteiger partial charge in [0.05, 0.1) is 4.90 Å². The van der Waals surface area contributed by atoms with Gasteiger partial charge in [0.2, 0.25) is 0 Å². The first-order valence-electron chi connectivity index (χ1n) is 15.7. The lowest BCUT2D eigenvalue weighted by Gasteiger charge is -2.19. The van der Waals surface area contributed by atoms with Crippen molar-refractivity contribution in [2.45, 2.75) is 82.8 Å². The van der Waals surface area contributed by atoms with Crippen LogP contribution in [0, 0.1) is 26.2 Å². The normalized spacial score (nSPS) is 14.9. The molecule has 1 heterocycles. The summed E-state index contributed by atoms with van der Waals surface area (Å²) in [6, 6.07) is 13.3. The predicted molar refractivity (Wildman–Crippen MR) is 179 cm³/mol. The minimum Gasteiger partial charge on any atom is -0.487 e. The Hall–Kier alpha value is -4.91. The first-order valence-corrected chi connectivity index (χ1v) is 17.1. The van der Waals surface area contributed by atoms with Gasteiger partial charge >= 0.3 is 18.1 Å². The summed E-state index contributed by atoms with van der Waals surface area (Å²) in [6.07, 6.45) is -0.405. The predicted octanol–water partition coefficient (Wildman–Crippen LogP) is 5.45. The second-order valence-electron chi connectivity index (χ2n) is 12.8. The van der Waals surface area contributed by atoms with Crippen LogP contribution in [0.3, 0.4) is 0 Å². The van der Waals surface area contributed by atoms with Gasteiger partial charge in [0, 0.05) is 24.3 Å². The van der Waals surface area contributed by atoms with Crippen molar-refractivity contribution < 1.29 is 37.4 Å². The van der Waals surface area contributed by atoms with Crippen LogP contribution < -0.4 is 20.1 Å². The summed E-state index contributed by atoms with van der Waals surface area (Å²) >= 11 is 0. The van der Waals surface area contributed by atoms with E-state index in [-0.39, 0.29) is 42.5 Å². The fourth-order valence-electron chi connectivity index (χ4n) is 6.57. The number of carboxylic acid groups (broad SMARTS) is 1. The molecular weight excluding hydrogens is 636 g/mol. The number of fused-ring (bicyclic) bond motifs is 4. The number of carbonyl (C=O) groups excluding carboxylic acids is 2. The molecule has 0 saturated carbocycles. The van der Waals surface area contributed by atoms with E-state index in [9.17, 15) is 27.9 Å². The average molecular weight is 677 g/mol. The van der Waals surface area contributed by atoms with E-state index in [0.717, 1.165) is 27.8 Å². The quantitative estimate of drug-likeness (QED) is 0.139. The maximum absolute atomic E-state index is 13.3. The number of ether oxygens (including phenoxy) is 2. The number of hydrogen-bond donors (Lipinski definition) is 5. The minimum atomic E-state index is -4.30. The molecule has 3 aromatic carbocycles. The highest BCUT2D eigenvalue weighted by atomic mass is 32.2. The van der Waals surface area contributed by atoms with Crippen LogP contribution in [-0.4, -0.2) is 55.7 Å². The SMILES string of the molecule is Cc1c(C)c(S(=O)(=O)NC(=O)NC(=N)CCC[C@H](NC(=O)OCC2c3ccccc3-c3ccccc32)C(=O)O)c(C)c2c1OC(C)(C)C2. The van der Waals surface area contributed by atoms with Crippen molar-refractivity contribution in [3.05, 3.63) is 81.9 Å². The summed E-state index contributed by atoms with van der Waals surface area (Å²) < 4.78 is 40.1. The van der Waals surface area contributed by atoms with E-state index in [1.165, 1.54) is 0 Å². The van der Waals surface area contributed by atoms with Crippen molar-refractivity contribution in [1.82, 2.24) is 15.4 Å². The zero-order valence-electron chi connectivity index (χ0n) is 27.5. The van der Waals surface area contributed by atoms with Gasteiger partial charge in [-0.15, -0.1) is 0 Å². The Balaban J connectivity index is 1.12. The third-order valence-electron chi connectivity index (χ3n) is 8.91. The van der Waals surface area contributed by atoms with Gasteiger partial charge in [0.25, 0.3) is 10.0 Å². The maximum atomic E-state index is 13.3. The van der Waals surface area contributed by atoms with E-state index in [1.54, 1.807) is 20.8 Å². The number of nitrogens with one attached hydrogen (secondary N) is 4. The van der Waals surface area contributed by atoms with E-state index in [2.05, 4.69) is 10.6 Å². The summed E-state index contributed by atoms with van der Waals surface area (Å²) in [5.41, 5.74) is 6.10. The highest BCUT2D eigenvalue weighted by Crippen LogP contribution is 2.45. The second kappa shape index (κ2) is 13.3. The van der Waals surface area contributed by atoms with Gasteiger partial charge in [-0.3, -0.25) is 10.7 Å². The smallest absolute Gasteiger partial charge is 0.407 e. The van der Waals surface area contributed by atoms with Gasteiger partial charge in [-0.25, -0.2) is 27.5 Å². The standard InChI is InChI=1S/C35H40N4O8S/c1-19-20(2)31(21(3)26-17-35(4,5)47-30(19)26)48(44,45)39-33(42)38-29(36)16-10-15-28(32(40)41)37-34(43)46-18-27-24-13-8-6-11-22(24)23-12-7-9-14-25(23)27/h6-9,11-14,27-28H,10,15-18H2,1-5H3,(H,37,43)(H,40,41)(H3,36,38,39,42)/t28-/m0/s1. The fourth-order valence-corrected chi connectivity index (χ4v) is 8.05. The lowest BCUT2D eigenvalue weighted by Crippen LogP contribution is -2.43. The molecule has 13 heteroatoms. The average Bonchev–Trinajstić information content (AvgIpc) is 3.52. The summed E-state index contributed by atoms with van der Waals surface area (Å²) in [5.74, 6) is -1.13. The zero-order chi connectivity index (χ0) is 35.0. The Kier molecular flexibility index (Phi) is 9.54. The number of amidine groups is 1. The van der Waals surface area contributed by atoms with Crippen LogP contribution in [0.25, 0.3) is 11.1 Å². The number of hydrogen-bond acceptors (Lipinski definition) is 8. The Labute approximate surface area is 279 Å². The fraction of sp³-hybridized carbons (Fsp3) is 0.371. The van der Waals surface area contributed by atoms with Crippen LogP contribution in [0.5, 0.6) is 5.75 Å². The maximum Gasteiger partial charge on any atom is 0.407 e. The van der Waals surface area contributed by atoms with Crippen molar-refractivity contribution in [3.63, 3.8) is 0 Å². The molecule has 0 fully saturated rings. The zero-order valence-corrected chi connectivity index (χ0v) is 28.3. The number of aliphatic carboxylic acids is 1. The molecule has 48 heavy (non-hydrogen) atoms. The van der Waals surface area contributed by atoms with Crippen LogP contribution in [0.15, 0.2) is 53.4 Å². The number of urea groups is 1. The van der Waals surface area contributed by atoms with Crippen molar-refractivity contribution >= 4 is 34.0 Å². The first kappa shape index (κ1) is 34.4. The molecule has 254 valence electrons. The Morgan fingerprint density at radius 3 is 2.21 bits per heavy atom. The van der Waals surface area contributed by atoms with Crippen LogP contribution in [0.1, 0.15) is 72.4 Å². The molecule has 3 amide bonds. The molecular formula is C35H40N4O8S. The molecule has 5 N–H and O–H groups in total. The number of benzene rings is 3. The molecule has 1 atom stereocenters. The first-order chi connectivity index (χ1) is 22.6. The van der Waals surface area contributed by atoms with Crippen LogP contribution in [-0.2, 0) is 26.0 Å². The molecule has 5 rings (SSSR count).